The Labute approximate surface area is 42.0 Å². The molecule has 0 saturated carbocycles. The Kier molecular flexibility index (Phi) is 2.79. The predicted octanol–water partition coefficient (Wildman–Crippen LogP) is -0.00400. The van der Waals surface area contributed by atoms with Gasteiger partial charge in [-0.3, -0.25) is 0 Å². The third-order valence-corrected chi connectivity index (χ3v) is 0.478. The SMILES string of the molecule is [N].c1cncnc1. The van der Waals surface area contributed by atoms with Crippen molar-refractivity contribution in [3.05, 3.63) is 24.8 Å². The van der Waals surface area contributed by atoms with Gasteiger partial charge >= 0.3 is 0 Å². The van der Waals surface area contributed by atoms with E-state index in [2.05, 4.69) is 9.97 Å². The second-order valence-electron chi connectivity index (χ2n) is 0.904. The van der Waals surface area contributed by atoms with E-state index in [9.17, 15) is 0 Å². The summed E-state index contributed by atoms with van der Waals surface area (Å²) in [7, 11) is 0. The highest BCUT2D eigenvalue weighted by Crippen LogP contribution is 1.66. The third-order valence-electron chi connectivity index (χ3n) is 0.478. The van der Waals surface area contributed by atoms with Gasteiger partial charge in [0.25, 0.3) is 0 Å². The minimum absolute atomic E-state index is 0. The van der Waals surface area contributed by atoms with Crippen LogP contribution in [0.3, 0.4) is 0 Å². The van der Waals surface area contributed by atoms with E-state index in [-0.39, 0.29) is 6.15 Å². The largest absolute Gasteiger partial charge is 0.245 e. The van der Waals surface area contributed by atoms with Crippen LogP contribution >= 0.6 is 0 Å². The van der Waals surface area contributed by atoms with E-state index in [1.807, 2.05) is 0 Å². The molecule has 3 nitrogen and oxygen atoms in total. The number of aromatic nitrogens is 2. The number of rotatable bonds is 0. The summed E-state index contributed by atoms with van der Waals surface area (Å²) in [6.07, 6.45) is 4.88. The Balaban J connectivity index is 0.000000360. The summed E-state index contributed by atoms with van der Waals surface area (Å²) >= 11 is 0. The zero-order valence-electron chi connectivity index (χ0n) is 3.65. The summed E-state index contributed by atoms with van der Waals surface area (Å²) in [6, 6.07) is 1.78. The molecule has 0 bridgehead atoms. The van der Waals surface area contributed by atoms with Gasteiger partial charge in [0.05, 0.1) is 0 Å². The average Bonchev–Trinajstić information content (AvgIpc) is 1.72. The van der Waals surface area contributed by atoms with Gasteiger partial charge in [0.15, 0.2) is 0 Å². The molecule has 0 aromatic carbocycles. The number of nitrogens with zero attached hydrogens (tertiary/aromatic N) is 3. The van der Waals surface area contributed by atoms with E-state index in [4.69, 9.17) is 0 Å². The summed E-state index contributed by atoms with van der Waals surface area (Å²) in [6.45, 7) is 0. The third kappa shape index (κ3) is 1.83. The maximum Gasteiger partial charge on any atom is 0.115 e. The van der Waals surface area contributed by atoms with Crippen LogP contribution in [-0.2, 0) is 0 Å². The first-order valence-corrected chi connectivity index (χ1v) is 1.70. The fourth-order valence-electron chi connectivity index (χ4n) is 0.253. The first kappa shape index (κ1) is 6.04. The van der Waals surface area contributed by atoms with E-state index in [1.54, 1.807) is 18.5 Å². The van der Waals surface area contributed by atoms with Gasteiger partial charge in [-0.05, 0) is 6.07 Å². The van der Waals surface area contributed by atoms with Crippen molar-refractivity contribution in [2.75, 3.05) is 0 Å². The number of hydrogen-bond donors (Lipinski definition) is 0. The van der Waals surface area contributed by atoms with Crippen molar-refractivity contribution >= 4 is 0 Å². The van der Waals surface area contributed by atoms with Gasteiger partial charge in [-0.15, -0.1) is 0 Å². The predicted molar refractivity (Wildman–Crippen MR) is 24.2 cm³/mol. The minimum Gasteiger partial charge on any atom is -0.245 e. The molecule has 0 saturated heterocycles. The summed E-state index contributed by atoms with van der Waals surface area (Å²) in [5.74, 6) is 0. The molecule has 1 aromatic heterocycles. The van der Waals surface area contributed by atoms with E-state index in [0.29, 0.717) is 0 Å². The van der Waals surface area contributed by atoms with E-state index in [0.717, 1.165) is 0 Å². The van der Waals surface area contributed by atoms with Crippen molar-refractivity contribution in [2.45, 2.75) is 0 Å². The molecule has 1 heterocycles. The van der Waals surface area contributed by atoms with Crippen molar-refractivity contribution in [1.82, 2.24) is 16.1 Å². The van der Waals surface area contributed by atoms with Crippen LogP contribution in [0.5, 0.6) is 0 Å². The smallest absolute Gasteiger partial charge is 0.115 e. The molecule has 0 amide bonds. The molecule has 0 atom stereocenters. The van der Waals surface area contributed by atoms with Crippen molar-refractivity contribution < 1.29 is 0 Å². The van der Waals surface area contributed by atoms with Crippen molar-refractivity contribution in [3.8, 4) is 0 Å². The Bertz CT molecular complexity index is 78.9. The van der Waals surface area contributed by atoms with Crippen molar-refractivity contribution in [2.24, 2.45) is 0 Å². The fraction of sp³-hybridized carbons (Fsp3) is 0. The molecule has 0 aliphatic heterocycles. The zero-order valence-corrected chi connectivity index (χ0v) is 3.65. The number of hydrogen-bond acceptors (Lipinski definition) is 2. The highest BCUT2D eigenvalue weighted by molar-refractivity contribution is 4.74. The van der Waals surface area contributed by atoms with E-state index in [1.165, 1.54) is 6.33 Å². The molecule has 0 unspecified atom stereocenters. The van der Waals surface area contributed by atoms with Gasteiger partial charge in [-0.1, -0.05) is 0 Å². The Morgan fingerprint density at radius 2 is 1.57 bits per heavy atom. The molecule has 35 valence electrons. The molecular weight excluding hydrogens is 90.1 g/mol. The average molecular weight is 94.1 g/mol. The lowest BCUT2D eigenvalue weighted by Crippen LogP contribution is -1.66. The van der Waals surface area contributed by atoms with Gasteiger partial charge in [0.1, 0.15) is 6.33 Å². The van der Waals surface area contributed by atoms with Gasteiger partial charge in [0, 0.05) is 18.5 Å². The van der Waals surface area contributed by atoms with Crippen LogP contribution in [-0.4, -0.2) is 9.97 Å². The Hall–Kier alpha value is -0.960. The Morgan fingerprint density at radius 1 is 1.00 bits per heavy atom. The molecule has 0 N–H and O–H groups in total. The quantitative estimate of drug-likeness (QED) is 0.454. The zero-order chi connectivity index (χ0) is 4.24. The normalized spacial score (nSPS) is 6.86. The summed E-state index contributed by atoms with van der Waals surface area (Å²) in [5.41, 5.74) is 0. The molecule has 1 rings (SSSR count). The van der Waals surface area contributed by atoms with Crippen LogP contribution in [0.1, 0.15) is 0 Å². The summed E-state index contributed by atoms with van der Waals surface area (Å²) in [5, 5.41) is 0. The van der Waals surface area contributed by atoms with Gasteiger partial charge in [0.2, 0.25) is 0 Å². The van der Waals surface area contributed by atoms with E-state index < -0.39 is 0 Å². The minimum atomic E-state index is 0. The standard InChI is InChI=1S/C4H4N2.N/c1-2-5-4-6-3-1;/h1-4H;. The Morgan fingerprint density at radius 3 is 1.71 bits per heavy atom. The van der Waals surface area contributed by atoms with Crippen molar-refractivity contribution in [1.29, 1.82) is 0 Å². The molecular formula is C4H4N3. The molecule has 3 heteroatoms. The topological polar surface area (TPSA) is 56.3 Å². The highest BCUT2D eigenvalue weighted by Gasteiger charge is 1.59. The molecule has 0 spiro atoms. The maximum atomic E-state index is 3.67. The lowest BCUT2D eigenvalue weighted by molar-refractivity contribution is 1.17. The van der Waals surface area contributed by atoms with Gasteiger partial charge in [-0.25, -0.2) is 9.97 Å². The van der Waals surface area contributed by atoms with Gasteiger partial charge < -0.3 is 0 Å². The van der Waals surface area contributed by atoms with Crippen LogP contribution in [0.25, 0.3) is 0 Å². The monoisotopic (exact) mass is 94.0 g/mol. The second-order valence-corrected chi connectivity index (χ2v) is 0.904. The van der Waals surface area contributed by atoms with Crippen molar-refractivity contribution in [3.63, 3.8) is 0 Å². The fourth-order valence-corrected chi connectivity index (χ4v) is 0.253. The van der Waals surface area contributed by atoms with Crippen LogP contribution in [0.15, 0.2) is 24.8 Å². The maximum absolute atomic E-state index is 3.67. The first-order valence-electron chi connectivity index (χ1n) is 1.70. The second kappa shape index (κ2) is 3.24. The summed E-state index contributed by atoms with van der Waals surface area (Å²) in [4.78, 5) is 7.35. The molecule has 1 aromatic rings. The molecule has 0 aliphatic carbocycles. The highest BCUT2D eigenvalue weighted by atomic mass is 14.8. The van der Waals surface area contributed by atoms with Crippen LogP contribution in [0.4, 0.5) is 0 Å². The summed E-state index contributed by atoms with van der Waals surface area (Å²) < 4.78 is 0. The molecule has 0 fully saturated rings. The van der Waals surface area contributed by atoms with E-state index >= 15 is 0 Å². The lowest BCUT2D eigenvalue weighted by Gasteiger charge is -1.70. The molecule has 3 radical (unpaired) electrons. The molecule has 0 aliphatic rings. The van der Waals surface area contributed by atoms with Crippen LogP contribution < -0.4 is 6.15 Å². The van der Waals surface area contributed by atoms with Crippen LogP contribution in [0.2, 0.25) is 0 Å². The lowest BCUT2D eigenvalue weighted by atomic mass is 10.7. The van der Waals surface area contributed by atoms with Gasteiger partial charge in [-0.2, -0.15) is 0 Å². The van der Waals surface area contributed by atoms with Crippen LogP contribution in [0, 0.1) is 0 Å². The molecule has 7 heavy (non-hydrogen) atoms. The first-order chi connectivity index (χ1) is 3.00.